The number of nitrogens with zero attached hydrogens (tertiary/aromatic N) is 4. The van der Waals surface area contributed by atoms with Gasteiger partial charge in [0.1, 0.15) is 5.37 Å². The lowest BCUT2D eigenvalue weighted by molar-refractivity contribution is 0.0636. The van der Waals surface area contributed by atoms with Crippen LogP contribution in [0.3, 0.4) is 0 Å². The van der Waals surface area contributed by atoms with Crippen LogP contribution in [0.4, 0.5) is 0 Å². The van der Waals surface area contributed by atoms with Crippen LogP contribution in [0, 0.1) is 0 Å². The van der Waals surface area contributed by atoms with Gasteiger partial charge in [-0.2, -0.15) is 0 Å². The predicted molar refractivity (Wildman–Crippen MR) is 116 cm³/mol. The van der Waals surface area contributed by atoms with Gasteiger partial charge < -0.3 is 14.8 Å². The van der Waals surface area contributed by atoms with Crippen LogP contribution in [0.5, 0.6) is 0 Å². The van der Waals surface area contributed by atoms with Crippen molar-refractivity contribution in [3.63, 3.8) is 0 Å². The van der Waals surface area contributed by atoms with E-state index in [0.717, 1.165) is 22.9 Å². The number of nitrogens with one attached hydrogen (secondary N) is 1. The van der Waals surface area contributed by atoms with Crippen molar-refractivity contribution < 1.29 is 4.79 Å². The Bertz CT molecular complexity index is 1070. The van der Waals surface area contributed by atoms with Gasteiger partial charge in [-0.15, -0.1) is 21.5 Å². The number of thioether (sulfide) groups is 1. The summed E-state index contributed by atoms with van der Waals surface area (Å²) in [5, 5.41) is 16.5. The Morgan fingerprint density at radius 2 is 1.93 bits per heavy atom. The fourth-order valence-electron chi connectivity index (χ4n) is 3.83. The van der Waals surface area contributed by atoms with Crippen LogP contribution < -0.4 is 5.32 Å². The minimum Gasteiger partial charge on any atom is -0.370 e. The first-order valence-electron chi connectivity index (χ1n) is 9.58. The van der Waals surface area contributed by atoms with Crippen LogP contribution in [0.2, 0.25) is 0 Å². The average Bonchev–Trinajstić information content (AvgIpc) is 3.48. The summed E-state index contributed by atoms with van der Waals surface area (Å²) in [4.78, 5) is 16.3. The molecule has 6 nitrogen and oxygen atoms in total. The predicted octanol–water partition coefficient (Wildman–Crippen LogP) is 4.42. The van der Waals surface area contributed by atoms with Gasteiger partial charge >= 0.3 is 0 Å². The number of carbonyl (C=O) groups is 1. The van der Waals surface area contributed by atoms with Crippen LogP contribution in [0.1, 0.15) is 47.3 Å². The number of amides is 1. The van der Waals surface area contributed by atoms with Crippen LogP contribution in [-0.4, -0.2) is 32.1 Å². The van der Waals surface area contributed by atoms with Gasteiger partial charge in [0.2, 0.25) is 0 Å². The summed E-state index contributed by atoms with van der Waals surface area (Å²) in [6.07, 6.45) is 0. The molecular weight excluding hydrogens is 402 g/mol. The molecule has 2 atom stereocenters. The number of fused-ring (bicyclic) bond motifs is 1. The fourth-order valence-corrected chi connectivity index (χ4v) is 5.53. The molecule has 0 spiro atoms. The topological polar surface area (TPSA) is 63.1 Å². The molecule has 2 aromatic heterocycles. The van der Waals surface area contributed by atoms with E-state index in [-0.39, 0.29) is 17.3 Å². The summed E-state index contributed by atoms with van der Waals surface area (Å²) in [6, 6.07) is 11.9. The molecule has 0 saturated heterocycles. The van der Waals surface area contributed by atoms with Crippen molar-refractivity contribution in [2.45, 2.75) is 31.8 Å². The smallest absolute Gasteiger partial charge is 0.254 e. The summed E-state index contributed by atoms with van der Waals surface area (Å²) >= 11 is 3.41. The van der Waals surface area contributed by atoms with Gasteiger partial charge in [0.05, 0.1) is 6.04 Å². The Hall–Kier alpha value is -2.58. The molecule has 148 valence electrons. The minimum atomic E-state index is -0.116. The first kappa shape index (κ1) is 18.4. The molecule has 1 aromatic carbocycles. The quantitative estimate of drug-likeness (QED) is 0.676. The summed E-state index contributed by atoms with van der Waals surface area (Å²) in [7, 11) is 0. The third-order valence-electron chi connectivity index (χ3n) is 5.39. The normalized spacial score (nSPS) is 20.9. The number of thiophene rings is 1. The molecule has 0 aliphatic carbocycles. The molecule has 1 amide bonds. The van der Waals surface area contributed by atoms with Crippen LogP contribution >= 0.6 is 23.1 Å². The fraction of sp³-hybridized carbons (Fsp3) is 0.286. The van der Waals surface area contributed by atoms with Gasteiger partial charge in [-0.05, 0) is 48.4 Å². The van der Waals surface area contributed by atoms with E-state index in [1.807, 2.05) is 49.1 Å². The lowest BCUT2D eigenvalue weighted by Gasteiger charge is -2.34. The minimum absolute atomic E-state index is 0.0388. The molecule has 2 aliphatic rings. The average molecular weight is 424 g/mol. The van der Waals surface area contributed by atoms with E-state index in [9.17, 15) is 4.79 Å². The van der Waals surface area contributed by atoms with Crippen LogP contribution in [-0.2, 0) is 6.54 Å². The number of rotatable bonds is 3. The van der Waals surface area contributed by atoms with Crippen molar-refractivity contribution in [2.75, 3.05) is 6.54 Å². The van der Waals surface area contributed by atoms with Crippen LogP contribution in [0.15, 0.2) is 52.9 Å². The van der Waals surface area contributed by atoms with Crippen molar-refractivity contribution in [1.82, 2.24) is 25.0 Å². The van der Waals surface area contributed by atoms with Crippen molar-refractivity contribution in [2.24, 2.45) is 0 Å². The third-order valence-corrected chi connectivity index (χ3v) is 7.40. The van der Waals surface area contributed by atoms with Crippen LogP contribution in [0.25, 0.3) is 10.4 Å². The zero-order valence-electron chi connectivity index (χ0n) is 16.2. The van der Waals surface area contributed by atoms with E-state index in [0.29, 0.717) is 18.7 Å². The monoisotopic (exact) mass is 423 g/mol. The SMILES string of the molecule is CC1=CSC(c2nnc3n2CCN(C(=O)c2ccc(-c4cccs4)cc2)[C@@H]3C)N1. The van der Waals surface area contributed by atoms with E-state index in [1.165, 1.54) is 4.88 Å². The second-order valence-corrected chi connectivity index (χ2v) is 9.19. The first-order chi connectivity index (χ1) is 14.1. The van der Waals surface area contributed by atoms with E-state index < -0.39 is 0 Å². The van der Waals surface area contributed by atoms with Gasteiger partial charge in [0.15, 0.2) is 11.6 Å². The molecular formula is C21H21N5OS2. The number of carbonyl (C=O) groups excluding carboxylic acids is 1. The Kier molecular flexibility index (Phi) is 4.67. The maximum absolute atomic E-state index is 13.2. The molecule has 0 saturated carbocycles. The molecule has 8 heteroatoms. The summed E-state index contributed by atoms with van der Waals surface area (Å²) in [5.74, 6) is 1.82. The van der Waals surface area contributed by atoms with Gasteiger partial charge in [-0.25, -0.2) is 0 Å². The second kappa shape index (κ2) is 7.35. The number of aromatic nitrogens is 3. The molecule has 2 aliphatic heterocycles. The van der Waals surface area contributed by atoms with Gasteiger partial charge in [-0.1, -0.05) is 30.0 Å². The van der Waals surface area contributed by atoms with E-state index >= 15 is 0 Å². The molecule has 0 radical (unpaired) electrons. The largest absolute Gasteiger partial charge is 0.370 e. The lowest BCUT2D eigenvalue weighted by Crippen LogP contribution is -2.41. The maximum Gasteiger partial charge on any atom is 0.254 e. The highest BCUT2D eigenvalue weighted by molar-refractivity contribution is 8.02. The molecule has 0 bridgehead atoms. The first-order valence-corrected chi connectivity index (χ1v) is 11.4. The van der Waals surface area contributed by atoms with Crippen molar-refractivity contribution in [1.29, 1.82) is 0 Å². The number of allylic oxidation sites excluding steroid dienone is 1. The third kappa shape index (κ3) is 3.26. The molecule has 3 aromatic rings. The molecule has 5 rings (SSSR count). The van der Waals surface area contributed by atoms with Gasteiger partial charge in [0.25, 0.3) is 5.91 Å². The van der Waals surface area contributed by atoms with E-state index in [2.05, 4.69) is 36.9 Å². The highest BCUT2D eigenvalue weighted by atomic mass is 32.2. The summed E-state index contributed by atoms with van der Waals surface area (Å²) in [6.45, 7) is 5.43. The summed E-state index contributed by atoms with van der Waals surface area (Å²) in [5.41, 5.74) is 2.99. The second-order valence-electron chi connectivity index (χ2n) is 7.26. The van der Waals surface area contributed by atoms with E-state index in [4.69, 9.17) is 0 Å². The lowest BCUT2D eigenvalue weighted by atomic mass is 10.1. The number of hydrogen-bond donors (Lipinski definition) is 1. The Balaban J connectivity index is 1.35. The highest BCUT2D eigenvalue weighted by Gasteiger charge is 2.34. The van der Waals surface area contributed by atoms with E-state index in [1.54, 1.807) is 23.1 Å². The van der Waals surface area contributed by atoms with Crippen molar-refractivity contribution in [3.8, 4) is 10.4 Å². The maximum atomic E-state index is 13.2. The highest BCUT2D eigenvalue weighted by Crippen LogP contribution is 2.35. The van der Waals surface area contributed by atoms with Crippen molar-refractivity contribution >= 4 is 29.0 Å². The molecule has 1 unspecified atom stereocenters. The standard InChI is InChI=1S/C21H21N5OS2/c1-13-12-29-20(22-13)19-24-23-18-14(2)25(9-10-26(18)19)21(27)16-7-5-15(6-8-16)17-4-3-11-28-17/h3-8,11-12,14,20,22H,9-10H2,1-2H3/t14-,20?/m1/s1. The Morgan fingerprint density at radius 3 is 2.62 bits per heavy atom. The number of benzene rings is 1. The zero-order valence-corrected chi connectivity index (χ0v) is 17.8. The molecule has 0 fully saturated rings. The summed E-state index contributed by atoms with van der Waals surface area (Å²) < 4.78 is 2.16. The van der Waals surface area contributed by atoms with Crippen molar-refractivity contribution in [3.05, 3.63) is 70.1 Å². The molecule has 29 heavy (non-hydrogen) atoms. The van der Waals surface area contributed by atoms with Gasteiger partial charge in [0, 0.05) is 29.2 Å². The molecule has 1 N–H and O–H groups in total. The zero-order chi connectivity index (χ0) is 20.0. The Labute approximate surface area is 177 Å². The Morgan fingerprint density at radius 1 is 1.14 bits per heavy atom. The van der Waals surface area contributed by atoms with Gasteiger partial charge in [-0.3, -0.25) is 4.79 Å². The number of hydrogen-bond acceptors (Lipinski definition) is 6. The molecule has 4 heterocycles.